The van der Waals surface area contributed by atoms with Crippen LogP contribution in [0.3, 0.4) is 0 Å². The van der Waals surface area contributed by atoms with Crippen molar-refractivity contribution in [1.82, 2.24) is 0 Å². The lowest BCUT2D eigenvalue weighted by Crippen LogP contribution is -2.08. The Hall–Kier alpha value is -1.39. The molecule has 0 saturated heterocycles. The number of benzene rings is 1. The molecule has 0 saturated carbocycles. The van der Waals surface area contributed by atoms with Crippen LogP contribution in [0.4, 0.5) is 0 Å². The first-order valence-corrected chi connectivity index (χ1v) is 7.08. The first-order valence-electron chi connectivity index (χ1n) is 7.08. The van der Waals surface area contributed by atoms with E-state index in [0.717, 1.165) is 24.0 Å². The van der Waals surface area contributed by atoms with Gasteiger partial charge in [0.15, 0.2) is 0 Å². The maximum Gasteiger partial charge on any atom is 0.305 e. The fourth-order valence-electron chi connectivity index (χ4n) is 1.88. The molecule has 0 aliphatic rings. The third-order valence-corrected chi connectivity index (χ3v) is 3.03. The summed E-state index contributed by atoms with van der Waals surface area (Å²) in [6.07, 6.45) is 1.85. The average molecular weight is 280 g/mol. The summed E-state index contributed by atoms with van der Waals surface area (Å²) in [5, 5.41) is 10.1. The molecule has 20 heavy (non-hydrogen) atoms. The van der Waals surface area contributed by atoms with E-state index in [1.165, 1.54) is 0 Å². The van der Waals surface area contributed by atoms with Crippen LogP contribution in [0, 0.1) is 0 Å². The van der Waals surface area contributed by atoms with E-state index >= 15 is 0 Å². The molecule has 0 amide bonds. The molecule has 1 atom stereocenters. The van der Waals surface area contributed by atoms with Gasteiger partial charge in [0.25, 0.3) is 0 Å². The van der Waals surface area contributed by atoms with Gasteiger partial charge in [-0.15, -0.1) is 0 Å². The van der Waals surface area contributed by atoms with Gasteiger partial charge in [-0.05, 0) is 24.0 Å². The molecule has 0 bridgehead atoms. The third kappa shape index (κ3) is 6.17. The number of carbonyl (C=O) groups is 1. The number of carbonyl (C=O) groups excluding carboxylic acids is 1. The Balaban J connectivity index is 2.40. The Morgan fingerprint density at radius 1 is 1.40 bits per heavy atom. The Labute approximate surface area is 120 Å². The summed E-state index contributed by atoms with van der Waals surface area (Å²) in [5.41, 5.74) is 1.82. The van der Waals surface area contributed by atoms with Crippen LogP contribution in [0.5, 0.6) is 0 Å². The van der Waals surface area contributed by atoms with Gasteiger partial charge in [-0.1, -0.05) is 37.6 Å². The van der Waals surface area contributed by atoms with E-state index in [1.807, 2.05) is 31.2 Å². The van der Waals surface area contributed by atoms with Gasteiger partial charge in [0.1, 0.15) is 0 Å². The van der Waals surface area contributed by atoms with E-state index in [1.54, 1.807) is 7.11 Å². The zero-order chi connectivity index (χ0) is 14.8. The van der Waals surface area contributed by atoms with Crippen molar-refractivity contribution >= 4 is 5.97 Å². The van der Waals surface area contributed by atoms with Crippen LogP contribution in [0.1, 0.15) is 49.8 Å². The lowest BCUT2D eigenvalue weighted by molar-refractivity contribution is -0.144. The largest absolute Gasteiger partial charge is 0.466 e. The molecular formula is C16H24O4. The summed E-state index contributed by atoms with van der Waals surface area (Å²) in [5.74, 6) is -0.245. The normalized spacial score (nSPS) is 12.2. The van der Waals surface area contributed by atoms with E-state index in [2.05, 4.69) is 0 Å². The minimum Gasteiger partial charge on any atom is -0.466 e. The third-order valence-electron chi connectivity index (χ3n) is 3.03. The maximum atomic E-state index is 11.5. The van der Waals surface area contributed by atoms with E-state index in [9.17, 15) is 9.90 Å². The van der Waals surface area contributed by atoms with E-state index in [0.29, 0.717) is 19.6 Å². The highest BCUT2D eigenvalue weighted by Gasteiger charge is 2.11. The maximum absolute atomic E-state index is 11.5. The van der Waals surface area contributed by atoms with Gasteiger partial charge in [-0.25, -0.2) is 0 Å². The van der Waals surface area contributed by atoms with Gasteiger partial charge in [0.05, 0.1) is 19.3 Å². The molecule has 1 rings (SSSR count). The van der Waals surface area contributed by atoms with Gasteiger partial charge in [0, 0.05) is 13.5 Å². The molecule has 112 valence electrons. The standard InChI is InChI=1S/C16H24O4/c1-3-4-10-20-16(18)9-8-15(17)14-7-5-6-13(11-14)12-19-2/h5-7,11,15,17H,3-4,8-10,12H2,1-2H3. The van der Waals surface area contributed by atoms with Crippen molar-refractivity contribution in [1.29, 1.82) is 0 Å². The quantitative estimate of drug-likeness (QED) is 0.558. The molecule has 4 heteroatoms. The molecule has 0 heterocycles. The molecule has 0 spiro atoms. The van der Waals surface area contributed by atoms with Gasteiger partial charge < -0.3 is 14.6 Å². The average Bonchev–Trinajstić information content (AvgIpc) is 2.46. The molecule has 1 aromatic carbocycles. The summed E-state index contributed by atoms with van der Waals surface area (Å²) in [6.45, 7) is 3.03. The Bertz CT molecular complexity index is 403. The molecule has 1 aromatic rings. The molecule has 1 unspecified atom stereocenters. The first kappa shape index (κ1) is 16.7. The first-order chi connectivity index (χ1) is 9.67. The van der Waals surface area contributed by atoms with Crippen molar-refractivity contribution in [2.24, 2.45) is 0 Å². The molecule has 0 aliphatic heterocycles. The van der Waals surface area contributed by atoms with Crippen LogP contribution in [-0.4, -0.2) is 24.8 Å². The predicted molar refractivity (Wildman–Crippen MR) is 77.2 cm³/mol. The zero-order valence-electron chi connectivity index (χ0n) is 12.3. The Morgan fingerprint density at radius 3 is 2.90 bits per heavy atom. The summed E-state index contributed by atoms with van der Waals surface area (Å²) >= 11 is 0. The second kappa shape index (κ2) is 9.50. The van der Waals surface area contributed by atoms with Crippen LogP contribution in [0.15, 0.2) is 24.3 Å². The molecule has 0 radical (unpaired) electrons. The fraction of sp³-hybridized carbons (Fsp3) is 0.562. The predicted octanol–water partition coefficient (Wildman–Crippen LogP) is 2.99. The van der Waals surface area contributed by atoms with Gasteiger partial charge in [-0.3, -0.25) is 4.79 Å². The van der Waals surface area contributed by atoms with Crippen LogP contribution < -0.4 is 0 Å². The molecule has 0 aliphatic carbocycles. The topological polar surface area (TPSA) is 55.8 Å². The number of esters is 1. The second-order valence-corrected chi connectivity index (χ2v) is 4.81. The number of ether oxygens (including phenoxy) is 2. The molecule has 4 nitrogen and oxygen atoms in total. The van der Waals surface area contributed by atoms with E-state index < -0.39 is 6.10 Å². The van der Waals surface area contributed by atoms with Crippen molar-refractivity contribution in [3.8, 4) is 0 Å². The van der Waals surface area contributed by atoms with Crippen molar-refractivity contribution in [3.63, 3.8) is 0 Å². The number of aliphatic hydroxyl groups excluding tert-OH is 1. The monoisotopic (exact) mass is 280 g/mol. The van der Waals surface area contributed by atoms with Crippen LogP contribution in [-0.2, 0) is 20.9 Å². The fourth-order valence-corrected chi connectivity index (χ4v) is 1.88. The zero-order valence-corrected chi connectivity index (χ0v) is 12.3. The summed E-state index contributed by atoms with van der Waals surface area (Å²) in [4.78, 5) is 11.5. The second-order valence-electron chi connectivity index (χ2n) is 4.81. The minimum atomic E-state index is -0.648. The Kier molecular flexibility index (Phi) is 7.92. The van der Waals surface area contributed by atoms with Crippen molar-refractivity contribution in [2.75, 3.05) is 13.7 Å². The number of aliphatic hydroxyl groups is 1. The molecule has 0 aromatic heterocycles. The molecule has 0 fully saturated rings. The van der Waals surface area contributed by atoms with Crippen molar-refractivity contribution < 1.29 is 19.4 Å². The Morgan fingerprint density at radius 2 is 2.20 bits per heavy atom. The SMILES string of the molecule is CCCCOC(=O)CCC(O)c1cccc(COC)c1. The number of hydrogen-bond donors (Lipinski definition) is 1. The lowest BCUT2D eigenvalue weighted by atomic mass is 10.0. The van der Waals surface area contributed by atoms with Gasteiger partial charge >= 0.3 is 5.97 Å². The highest BCUT2D eigenvalue weighted by Crippen LogP contribution is 2.20. The summed E-state index contributed by atoms with van der Waals surface area (Å²) in [6, 6.07) is 7.58. The number of rotatable bonds is 9. The number of hydrogen-bond acceptors (Lipinski definition) is 4. The van der Waals surface area contributed by atoms with E-state index in [-0.39, 0.29) is 12.4 Å². The van der Waals surface area contributed by atoms with Crippen molar-refractivity contribution in [3.05, 3.63) is 35.4 Å². The minimum absolute atomic E-state index is 0.236. The number of unbranched alkanes of at least 4 members (excludes halogenated alkanes) is 1. The highest BCUT2D eigenvalue weighted by atomic mass is 16.5. The summed E-state index contributed by atoms with van der Waals surface area (Å²) in [7, 11) is 1.63. The van der Waals surface area contributed by atoms with E-state index in [4.69, 9.17) is 9.47 Å². The van der Waals surface area contributed by atoms with Crippen molar-refractivity contribution in [2.45, 2.75) is 45.3 Å². The smallest absolute Gasteiger partial charge is 0.305 e. The van der Waals surface area contributed by atoms with Crippen LogP contribution in [0.25, 0.3) is 0 Å². The number of methoxy groups -OCH3 is 1. The molecular weight excluding hydrogens is 256 g/mol. The van der Waals surface area contributed by atoms with Crippen LogP contribution >= 0.6 is 0 Å². The highest BCUT2D eigenvalue weighted by molar-refractivity contribution is 5.69. The van der Waals surface area contributed by atoms with Gasteiger partial charge in [0.2, 0.25) is 0 Å². The van der Waals surface area contributed by atoms with Gasteiger partial charge in [-0.2, -0.15) is 0 Å². The lowest BCUT2D eigenvalue weighted by Gasteiger charge is -2.12. The summed E-state index contributed by atoms with van der Waals surface area (Å²) < 4.78 is 10.1. The molecule has 1 N–H and O–H groups in total. The van der Waals surface area contributed by atoms with Crippen LogP contribution in [0.2, 0.25) is 0 Å².